The largest absolute Gasteiger partial charge is 0.338 e. The predicted molar refractivity (Wildman–Crippen MR) is 102 cm³/mol. The molecule has 8 heteroatoms. The average Bonchev–Trinajstić information content (AvgIpc) is 3.01. The van der Waals surface area contributed by atoms with E-state index < -0.39 is 6.03 Å². The van der Waals surface area contributed by atoms with Crippen molar-refractivity contribution in [1.29, 1.82) is 0 Å². The first-order chi connectivity index (χ1) is 12.5. The van der Waals surface area contributed by atoms with Crippen LogP contribution in [0.2, 0.25) is 0 Å². The van der Waals surface area contributed by atoms with E-state index in [0.717, 1.165) is 22.1 Å². The van der Waals surface area contributed by atoms with Crippen molar-refractivity contribution in [2.75, 3.05) is 12.3 Å². The Kier molecular flexibility index (Phi) is 5.41. The summed E-state index contributed by atoms with van der Waals surface area (Å²) in [5, 5.41) is 15.1. The average molecular weight is 371 g/mol. The van der Waals surface area contributed by atoms with E-state index in [1.54, 1.807) is 0 Å². The summed E-state index contributed by atoms with van der Waals surface area (Å²) < 4.78 is 1.93. The summed E-state index contributed by atoms with van der Waals surface area (Å²) in [7, 11) is 0. The molecule has 3 aromatic rings. The highest BCUT2D eigenvalue weighted by Gasteiger charge is 2.14. The lowest BCUT2D eigenvalue weighted by Crippen LogP contribution is -2.41. The van der Waals surface area contributed by atoms with Gasteiger partial charge in [0.2, 0.25) is 5.91 Å². The van der Waals surface area contributed by atoms with E-state index in [0.29, 0.717) is 17.6 Å². The molecule has 0 saturated carbocycles. The molecule has 26 heavy (non-hydrogen) atoms. The molecule has 0 aliphatic rings. The molecule has 0 aliphatic carbocycles. The maximum atomic E-state index is 12.0. The molecule has 0 atom stereocenters. The molecule has 0 bridgehead atoms. The Balaban J connectivity index is 1.73. The minimum absolute atomic E-state index is 0.0814. The molecule has 3 rings (SSSR count). The fourth-order valence-electron chi connectivity index (χ4n) is 2.60. The number of imide groups is 1. The van der Waals surface area contributed by atoms with E-state index in [9.17, 15) is 9.59 Å². The number of carbonyl (C=O) groups is 2. The molecule has 0 aliphatic heterocycles. The third-order valence-electron chi connectivity index (χ3n) is 3.83. The summed E-state index contributed by atoms with van der Waals surface area (Å²) in [6.45, 7) is 6.53. The normalized spacial score (nSPS) is 11.2. The lowest BCUT2D eigenvalue weighted by Gasteiger charge is -2.09. The zero-order chi connectivity index (χ0) is 18.7. The lowest BCUT2D eigenvalue weighted by atomic mass is 10.1. The standard InChI is InChI=1S/C18H21N5O2S/c1-11(2)9-19-17(25)20-16(24)10-26-18-22-21-15-8-12(3)13-6-4-5-7-14(13)23(15)18/h4-8,11H,9-10H2,1-3H3,(H2,19,20,24,25). The van der Waals surface area contributed by atoms with Crippen molar-refractivity contribution >= 4 is 40.3 Å². The van der Waals surface area contributed by atoms with Crippen LogP contribution in [0.1, 0.15) is 19.4 Å². The Morgan fingerprint density at radius 1 is 1.23 bits per heavy atom. The molecule has 7 nitrogen and oxygen atoms in total. The first kappa shape index (κ1) is 18.2. The van der Waals surface area contributed by atoms with Gasteiger partial charge in [-0.2, -0.15) is 0 Å². The molecule has 0 fully saturated rings. The van der Waals surface area contributed by atoms with Crippen molar-refractivity contribution in [2.24, 2.45) is 5.92 Å². The highest BCUT2D eigenvalue weighted by molar-refractivity contribution is 7.99. The van der Waals surface area contributed by atoms with Crippen LogP contribution in [0.4, 0.5) is 4.79 Å². The molecular formula is C18H21N5O2S. The summed E-state index contributed by atoms with van der Waals surface area (Å²) >= 11 is 1.25. The number of nitrogens with one attached hydrogen (secondary N) is 2. The number of aromatic nitrogens is 3. The van der Waals surface area contributed by atoms with Gasteiger partial charge in [-0.1, -0.05) is 43.8 Å². The molecule has 2 aromatic heterocycles. The quantitative estimate of drug-likeness (QED) is 0.673. The highest BCUT2D eigenvalue weighted by atomic mass is 32.2. The Labute approximate surface area is 155 Å². The van der Waals surface area contributed by atoms with Crippen LogP contribution in [0.15, 0.2) is 35.5 Å². The second kappa shape index (κ2) is 7.74. The first-order valence-electron chi connectivity index (χ1n) is 8.39. The molecule has 0 spiro atoms. The minimum atomic E-state index is -0.475. The second-order valence-corrected chi connectivity index (χ2v) is 7.40. The summed E-state index contributed by atoms with van der Waals surface area (Å²) in [5.41, 5.74) is 2.85. The fourth-order valence-corrected chi connectivity index (χ4v) is 3.35. The van der Waals surface area contributed by atoms with Gasteiger partial charge >= 0.3 is 6.03 Å². The van der Waals surface area contributed by atoms with E-state index in [2.05, 4.69) is 20.8 Å². The van der Waals surface area contributed by atoms with Gasteiger partial charge in [-0.15, -0.1) is 10.2 Å². The van der Waals surface area contributed by atoms with Crippen LogP contribution in [-0.2, 0) is 4.79 Å². The number of urea groups is 1. The second-order valence-electron chi connectivity index (χ2n) is 6.46. The molecular weight excluding hydrogens is 350 g/mol. The number of thioether (sulfide) groups is 1. The Bertz CT molecular complexity index is 967. The summed E-state index contributed by atoms with van der Waals surface area (Å²) in [5.74, 6) is 0.0340. The molecule has 0 saturated heterocycles. The van der Waals surface area contributed by atoms with Gasteiger partial charge in [-0.3, -0.25) is 14.5 Å². The van der Waals surface area contributed by atoms with Gasteiger partial charge in [0.1, 0.15) is 0 Å². The maximum absolute atomic E-state index is 12.0. The van der Waals surface area contributed by atoms with Gasteiger partial charge in [0.15, 0.2) is 10.8 Å². The summed E-state index contributed by atoms with van der Waals surface area (Å²) in [6, 6.07) is 9.49. The molecule has 0 radical (unpaired) electrons. The third kappa shape index (κ3) is 3.96. The van der Waals surface area contributed by atoms with Gasteiger partial charge in [0.05, 0.1) is 11.3 Å². The predicted octanol–water partition coefficient (Wildman–Crippen LogP) is 2.76. The van der Waals surface area contributed by atoms with E-state index in [4.69, 9.17) is 0 Å². The Hall–Kier alpha value is -2.61. The van der Waals surface area contributed by atoms with Gasteiger partial charge in [-0.05, 0) is 30.5 Å². The van der Waals surface area contributed by atoms with Crippen molar-refractivity contribution < 1.29 is 9.59 Å². The number of carbonyl (C=O) groups excluding carboxylic acids is 2. The lowest BCUT2D eigenvalue weighted by molar-refractivity contribution is -0.117. The Morgan fingerprint density at radius 2 is 2.00 bits per heavy atom. The van der Waals surface area contributed by atoms with Crippen LogP contribution in [0, 0.1) is 12.8 Å². The smallest absolute Gasteiger partial charge is 0.321 e. The Morgan fingerprint density at radius 3 is 2.77 bits per heavy atom. The van der Waals surface area contributed by atoms with Gasteiger partial charge in [0, 0.05) is 11.9 Å². The molecule has 2 heterocycles. The number of benzene rings is 1. The van der Waals surface area contributed by atoms with Crippen molar-refractivity contribution in [3.63, 3.8) is 0 Å². The minimum Gasteiger partial charge on any atom is -0.338 e. The number of pyridine rings is 1. The van der Waals surface area contributed by atoms with Crippen LogP contribution in [0.5, 0.6) is 0 Å². The number of hydrogen-bond donors (Lipinski definition) is 2. The van der Waals surface area contributed by atoms with E-state index in [1.807, 2.05) is 55.5 Å². The zero-order valence-electron chi connectivity index (χ0n) is 14.9. The molecule has 3 amide bonds. The van der Waals surface area contributed by atoms with Crippen LogP contribution >= 0.6 is 11.8 Å². The number of hydrogen-bond acceptors (Lipinski definition) is 5. The molecule has 136 valence electrons. The monoisotopic (exact) mass is 371 g/mol. The van der Waals surface area contributed by atoms with Crippen molar-refractivity contribution in [1.82, 2.24) is 25.2 Å². The number of amides is 3. The zero-order valence-corrected chi connectivity index (χ0v) is 15.8. The van der Waals surface area contributed by atoms with Crippen LogP contribution in [-0.4, -0.2) is 38.8 Å². The van der Waals surface area contributed by atoms with Crippen LogP contribution in [0.25, 0.3) is 16.6 Å². The number of para-hydroxylation sites is 1. The van der Waals surface area contributed by atoms with E-state index >= 15 is 0 Å². The third-order valence-corrected chi connectivity index (χ3v) is 4.76. The van der Waals surface area contributed by atoms with Crippen molar-refractivity contribution in [2.45, 2.75) is 25.9 Å². The van der Waals surface area contributed by atoms with Gasteiger partial charge in [0.25, 0.3) is 0 Å². The topological polar surface area (TPSA) is 88.4 Å². The fraction of sp³-hybridized carbons (Fsp3) is 0.333. The number of aryl methyl sites for hydroxylation is 1. The summed E-state index contributed by atoms with van der Waals surface area (Å²) in [6.07, 6.45) is 0. The molecule has 2 N–H and O–H groups in total. The van der Waals surface area contributed by atoms with E-state index in [1.165, 1.54) is 11.8 Å². The number of fused-ring (bicyclic) bond motifs is 3. The highest BCUT2D eigenvalue weighted by Crippen LogP contribution is 2.25. The van der Waals surface area contributed by atoms with Crippen LogP contribution < -0.4 is 10.6 Å². The SMILES string of the molecule is Cc1cc2nnc(SCC(=O)NC(=O)NCC(C)C)n2c2ccccc12. The van der Waals surface area contributed by atoms with Crippen molar-refractivity contribution in [3.8, 4) is 0 Å². The van der Waals surface area contributed by atoms with Crippen molar-refractivity contribution in [3.05, 3.63) is 35.9 Å². The van der Waals surface area contributed by atoms with Gasteiger partial charge in [-0.25, -0.2) is 4.79 Å². The summed E-state index contributed by atoms with van der Waals surface area (Å²) in [4.78, 5) is 23.7. The molecule has 0 unspecified atom stereocenters. The first-order valence-corrected chi connectivity index (χ1v) is 9.38. The van der Waals surface area contributed by atoms with Gasteiger partial charge < -0.3 is 5.32 Å². The maximum Gasteiger partial charge on any atom is 0.321 e. The number of rotatable bonds is 5. The number of nitrogens with zero attached hydrogens (tertiary/aromatic N) is 3. The van der Waals surface area contributed by atoms with Crippen LogP contribution in [0.3, 0.4) is 0 Å². The molecule has 1 aromatic carbocycles. The van der Waals surface area contributed by atoms with E-state index in [-0.39, 0.29) is 11.7 Å².